The van der Waals surface area contributed by atoms with Gasteiger partial charge in [-0.05, 0) is 40.5 Å². The molecule has 3 nitrogen and oxygen atoms in total. The molecule has 1 N–H and O–H groups in total. The number of nitrogens with zero attached hydrogens (tertiary/aromatic N) is 1. The minimum absolute atomic E-state index is 0.720. The first-order valence-corrected chi connectivity index (χ1v) is 6.84. The van der Waals surface area contributed by atoms with Crippen LogP contribution in [-0.2, 0) is 4.74 Å². The van der Waals surface area contributed by atoms with E-state index in [9.17, 15) is 0 Å². The van der Waals surface area contributed by atoms with Gasteiger partial charge in [0, 0.05) is 37.4 Å². The smallest absolute Gasteiger partial charge is 0.0637 e. The van der Waals surface area contributed by atoms with Crippen molar-refractivity contribution < 1.29 is 4.74 Å². The van der Waals surface area contributed by atoms with Crippen LogP contribution in [-0.4, -0.2) is 33.9 Å². The molecule has 0 saturated heterocycles. The van der Waals surface area contributed by atoms with E-state index in [0.29, 0.717) is 0 Å². The SMILES string of the molecule is C=Cc1cc(N(CC)CCOC)c(Br)cc1NC. The van der Waals surface area contributed by atoms with Crippen LogP contribution in [0.3, 0.4) is 0 Å². The van der Waals surface area contributed by atoms with E-state index in [1.54, 1.807) is 7.11 Å². The van der Waals surface area contributed by atoms with Gasteiger partial charge < -0.3 is 15.0 Å². The Labute approximate surface area is 118 Å². The van der Waals surface area contributed by atoms with Crippen LogP contribution in [0.4, 0.5) is 11.4 Å². The third kappa shape index (κ3) is 3.50. The van der Waals surface area contributed by atoms with Gasteiger partial charge in [-0.2, -0.15) is 0 Å². The summed E-state index contributed by atoms with van der Waals surface area (Å²) in [6, 6.07) is 4.23. The van der Waals surface area contributed by atoms with E-state index in [4.69, 9.17) is 4.74 Å². The molecule has 0 amide bonds. The lowest BCUT2D eigenvalue weighted by molar-refractivity contribution is 0.205. The summed E-state index contributed by atoms with van der Waals surface area (Å²) in [4.78, 5) is 2.28. The van der Waals surface area contributed by atoms with E-state index in [2.05, 4.69) is 51.8 Å². The molecular weight excluding hydrogens is 292 g/mol. The fraction of sp³-hybridized carbons (Fsp3) is 0.429. The van der Waals surface area contributed by atoms with Crippen LogP contribution >= 0.6 is 15.9 Å². The molecular formula is C14H21BrN2O. The van der Waals surface area contributed by atoms with Gasteiger partial charge in [0.15, 0.2) is 0 Å². The first kappa shape index (κ1) is 15.1. The fourth-order valence-corrected chi connectivity index (χ4v) is 2.45. The molecule has 100 valence electrons. The summed E-state index contributed by atoms with van der Waals surface area (Å²) in [6.07, 6.45) is 1.87. The van der Waals surface area contributed by atoms with Crippen molar-refractivity contribution in [3.8, 4) is 0 Å². The normalized spacial score (nSPS) is 10.2. The van der Waals surface area contributed by atoms with Gasteiger partial charge in [-0.3, -0.25) is 0 Å². The highest BCUT2D eigenvalue weighted by molar-refractivity contribution is 9.10. The molecule has 0 aromatic heterocycles. The molecule has 0 aliphatic heterocycles. The molecule has 0 spiro atoms. The number of hydrogen-bond acceptors (Lipinski definition) is 3. The van der Waals surface area contributed by atoms with Crippen molar-refractivity contribution in [1.82, 2.24) is 0 Å². The number of benzene rings is 1. The maximum atomic E-state index is 5.15. The third-order valence-corrected chi connectivity index (χ3v) is 3.53. The predicted octanol–water partition coefficient (Wildman–Crippen LogP) is 3.61. The summed E-state index contributed by atoms with van der Waals surface area (Å²) in [7, 11) is 3.64. The van der Waals surface area contributed by atoms with E-state index < -0.39 is 0 Å². The van der Waals surface area contributed by atoms with Crippen LogP contribution in [0.15, 0.2) is 23.2 Å². The van der Waals surface area contributed by atoms with Crippen molar-refractivity contribution in [2.45, 2.75) is 6.92 Å². The number of anilines is 2. The molecule has 0 heterocycles. The van der Waals surface area contributed by atoms with Gasteiger partial charge in [0.2, 0.25) is 0 Å². The van der Waals surface area contributed by atoms with E-state index in [0.717, 1.165) is 35.4 Å². The molecule has 0 aliphatic rings. The molecule has 0 saturated carbocycles. The second-order valence-corrected chi connectivity index (χ2v) is 4.77. The van der Waals surface area contributed by atoms with Gasteiger partial charge in [-0.25, -0.2) is 0 Å². The number of halogens is 1. The summed E-state index contributed by atoms with van der Waals surface area (Å²) >= 11 is 3.63. The van der Waals surface area contributed by atoms with Gasteiger partial charge in [0.05, 0.1) is 12.3 Å². The van der Waals surface area contributed by atoms with Gasteiger partial charge in [0.25, 0.3) is 0 Å². The summed E-state index contributed by atoms with van der Waals surface area (Å²) in [5.41, 5.74) is 3.35. The molecule has 0 fully saturated rings. The quantitative estimate of drug-likeness (QED) is 0.832. The first-order chi connectivity index (χ1) is 8.67. The Balaban J connectivity index is 3.09. The number of likely N-dealkylation sites (N-methyl/N-ethyl adjacent to an activating group) is 1. The highest BCUT2D eigenvalue weighted by Gasteiger charge is 2.11. The minimum Gasteiger partial charge on any atom is -0.388 e. The molecule has 18 heavy (non-hydrogen) atoms. The van der Waals surface area contributed by atoms with Crippen molar-refractivity contribution in [3.05, 3.63) is 28.7 Å². The second kappa shape index (κ2) is 7.44. The molecule has 0 aliphatic carbocycles. The fourth-order valence-electron chi connectivity index (χ4n) is 1.86. The highest BCUT2D eigenvalue weighted by atomic mass is 79.9. The lowest BCUT2D eigenvalue weighted by atomic mass is 10.1. The van der Waals surface area contributed by atoms with Crippen molar-refractivity contribution in [2.24, 2.45) is 0 Å². The number of methoxy groups -OCH3 is 1. The Bertz CT molecular complexity index is 407. The molecule has 0 bridgehead atoms. The predicted molar refractivity (Wildman–Crippen MR) is 83.5 cm³/mol. The second-order valence-electron chi connectivity index (χ2n) is 3.92. The summed E-state index contributed by atoms with van der Waals surface area (Å²) in [5.74, 6) is 0. The van der Waals surface area contributed by atoms with Crippen LogP contribution in [0.25, 0.3) is 6.08 Å². The summed E-state index contributed by atoms with van der Waals surface area (Å²) < 4.78 is 6.23. The number of hydrogen-bond donors (Lipinski definition) is 1. The Morgan fingerprint density at radius 2 is 2.22 bits per heavy atom. The molecule has 0 radical (unpaired) electrons. The topological polar surface area (TPSA) is 24.5 Å². The minimum atomic E-state index is 0.720. The molecule has 1 rings (SSSR count). The maximum Gasteiger partial charge on any atom is 0.0637 e. The average Bonchev–Trinajstić information content (AvgIpc) is 2.40. The number of ether oxygens (including phenoxy) is 1. The Kier molecular flexibility index (Phi) is 6.22. The average molecular weight is 313 g/mol. The zero-order valence-corrected chi connectivity index (χ0v) is 12.9. The molecule has 0 atom stereocenters. The third-order valence-electron chi connectivity index (χ3n) is 2.90. The Hall–Kier alpha value is -1.00. The monoisotopic (exact) mass is 312 g/mol. The standard InChI is InChI=1S/C14H21BrN2O/c1-5-11-9-14(12(15)10-13(11)16-3)17(6-2)7-8-18-4/h5,9-10,16H,1,6-8H2,2-4H3. The van der Waals surface area contributed by atoms with E-state index in [1.165, 1.54) is 5.69 Å². The zero-order valence-electron chi connectivity index (χ0n) is 11.3. The molecule has 4 heteroatoms. The molecule has 0 unspecified atom stereocenters. The lowest BCUT2D eigenvalue weighted by Gasteiger charge is -2.25. The number of nitrogens with one attached hydrogen (secondary N) is 1. The zero-order chi connectivity index (χ0) is 13.5. The van der Waals surface area contributed by atoms with Crippen molar-refractivity contribution in [3.63, 3.8) is 0 Å². The van der Waals surface area contributed by atoms with Gasteiger partial charge in [0.1, 0.15) is 0 Å². The summed E-state index contributed by atoms with van der Waals surface area (Å²) in [5, 5.41) is 3.17. The van der Waals surface area contributed by atoms with Crippen molar-refractivity contribution in [1.29, 1.82) is 0 Å². The van der Waals surface area contributed by atoms with Gasteiger partial charge >= 0.3 is 0 Å². The van der Waals surface area contributed by atoms with E-state index in [-0.39, 0.29) is 0 Å². The molecule has 1 aromatic rings. The molecule has 1 aromatic carbocycles. The largest absolute Gasteiger partial charge is 0.388 e. The highest BCUT2D eigenvalue weighted by Crippen LogP contribution is 2.32. The number of rotatable bonds is 7. The van der Waals surface area contributed by atoms with Crippen LogP contribution in [0.5, 0.6) is 0 Å². The maximum absolute atomic E-state index is 5.15. The van der Waals surface area contributed by atoms with Gasteiger partial charge in [-0.1, -0.05) is 12.7 Å². The van der Waals surface area contributed by atoms with Crippen LogP contribution < -0.4 is 10.2 Å². The summed E-state index contributed by atoms with van der Waals surface area (Å²) in [6.45, 7) is 8.54. The van der Waals surface area contributed by atoms with E-state index >= 15 is 0 Å². The lowest BCUT2D eigenvalue weighted by Crippen LogP contribution is -2.27. The van der Waals surface area contributed by atoms with Crippen LogP contribution in [0.1, 0.15) is 12.5 Å². The van der Waals surface area contributed by atoms with Gasteiger partial charge in [-0.15, -0.1) is 0 Å². The Morgan fingerprint density at radius 3 is 2.72 bits per heavy atom. The van der Waals surface area contributed by atoms with Crippen molar-refractivity contribution >= 4 is 33.4 Å². The van der Waals surface area contributed by atoms with Crippen LogP contribution in [0, 0.1) is 0 Å². The first-order valence-electron chi connectivity index (χ1n) is 6.05. The van der Waals surface area contributed by atoms with E-state index in [1.807, 2.05) is 13.1 Å². The Morgan fingerprint density at radius 1 is 1.50 bits per heavy atom. The van der Waals surface area contributed by atoms with Crippen LogP contribution in [0.2, 0.25) is 0 Å². The van der Waals surface area contributed by atoms with Crippen molar-refractivity contribution in [2.75, 3.05) is 44.1 Å².